The number of benzene rings is 1. The van der Waals surface area contributed by atoms with Crippen molar-refractivity contribution in [2.45, 2.75) is 58.2 Å². The minimum atomic E-state index is -0.0963. The second kappa shape index (κ2) is 4.27. The maximum absolute atomic E-state index is 9.71. The van der Waals surface area contributed by atoms with Gasteiger partial charge in [-0.2, -0.15) is 0 Å². The van der Waals surface area contributed by atoms with Crippen LogP contribution in [0.25, 0.3) is 0 Å². The Morgan fingerprint density at radius 2 is 2.28 bits per heavy atom. The molecule has 1 aliphatic carbocycles. The van der Waals surface area contributed by atoms with Crippen molar-refractivity contribution in [2.75, 3.05) is 0 Å². The molecule has 1 fully saturated rings. The van der Waals surface area contributed by atoms with E-state index < -0.39 is 0 Å². The Morgan fingerprint density at radius 3 is 3.00 bits per heavy atom. The number of aliphatic hydroxyl groups is 1. The van der Waals surface area contributed by atoms with E-state index in [1.807, 2.05) is 0 Å². The number of hydrogen-bond acceptors (Lipinski definition) is 2. The van der Waals surface area contributed by atoms with Crippen LogP contribution in [0.5, 0.6) is 5.75 Å². The predicted octanol–water partition coefficient (Wildman–Crippen LogP) is 3.24. The average Bonchev–Trinajstić information content (AvgIpc) is 2.81. The normalized spacial score (nSPS) is 34.4. The van der Waals surface area contributed by atoms with E-state index in [1.54, 1.807) is 0 Å². The van der Waals surface area contributed by atoms with Gasteiger partial charge in [-0.15, -0.1) is 0 Å². The molecule has 0 bridgehead atoms. The fourth-order valence-corrected chi connectivity index (χ4v) is 3.59. The highest BCUT2D eigenvalue weighted by atomic mass is 16.5. The van der Waals surface area contributed by atoms with E-state index >= 15 is 0 Å². The molecule has 1 aliphatic heterocycles. The highest BCUT2D eigenvalue weighted by molar-refractivity contribution is 5.40. The number of aryl methyl sites for hydroxylation is 1. The standard InChI is InChI=1S/C16H22O2/c1-11-3-4-15-12(7-11)8-14(18-15)10-16(2)6-5-13(17)9-16/h3-4,7,13-14,17H,5-6,8-10H2,1-2H3. The van der Waals surface area contributed by atoms with Gasteiger partial charge in [0.25, 0.3) is 0 Å². The summed E-state index contributed by atoms with van der Waals surface area (Å²) in [5.41, 5.74) is 2.92. The molecule has 3 atom stereocenters. The SMILES string of the molecule is Cc1ccc2c(c1)CC(CC1(C)CCC(O)C1)O2. The Kier molecular flexibility index (Phi) is 2.86. The molecule has 18 heavy (non-hydrogen) atoms. The van der Waals surface area contributed by atoms with Crippen molar-refractivity contribution >= 4 is 0 Å². The van der Waals surface area contributed by atoms with E-state index in [-0.39, 0.29) is 11.5 Å². The van der Waals surface area contributed by atoms with Gasteiger partial charge in [-0.3, -0.25) is 0 Å². The van der Waals surface area contributed by atoms with Crippen molar-refractivity contribution in [3.05, 3.63) is 29.3 Å². The molecular weight excluding hydrogens is 224 g/mol. The predicted molar refractivity (Wildman–Crippen MR) is 71.9 cm³/mol. The van der Waals surface area contributed by atoms with E-state index in [0.29, 0.717) is 6.10 Å². The van der Waals surface area contributed by atoms with Crippen molar-refractivity contribution in [1.82, 2.24) is 0 Å². The van der Waals surface area contributed by atoms with Gasteiger partial charge in [0.15, 0.2) is 0 Å². The lowest BCUT2D eigenvalue weighted by Gasteiger charge is -2.26. The summed E-state index contributed by atoms with van der Waals surface area (Å²) < 4.78 is 6.04. The Labute approximate surface area is 109 Å². The lowest BCUT2D eigenvalue weighted by Crippen LogP contribution is -2.24. The Bertz CT molecular complexity index is 454. The van der Waals surface area contributed by atoms with Crippen LogP contribution in [0.2, 0.25) is 0 Å². The molecule has 2 aliphatic rings. The van der Waals surface area contributed by atoms with E-state index in [4.69, 9.17) is 4.74 Å². The van der Waals surface area contributed by atoms with Gasteiger partial charge in [-0.05, 0) is 49.7 Å². The van der Waals surface area contributed by atoms with Crippen LogP contribution >= 0.6 is 0 Å². The molecule has 2 nitrogen and oxygen atoms in total. The third-order valence-corrected chi connectivity index (χ3v) is 4.49. The van der Waals surface area contributed by atoms with Crippen LogP contribution in [-0.4, -0.2) is 17.3 Å². The van der Waals surface area contributed by atoms with Crippen LogP contribution in [0.3, 0.4) is 0 Å². The zero-order valence-electron chi connectivity index (χ0n) is 11.3. The van der Waals surface area contributed by atoms with Gasteiger partial charge in [-0.25, -0.2) is 0 Å². The minimum absolute atomic E-state index is 0.0963. The molecule has 3 unspecified atom stereocenters. The molecule has 0 spiro atoms. The summed E-state index contributed by atoms with van der Waals surface area (Å²) in [4.78, 5) is 0. The van der Waals surface area contributed by atoms with E-state index in [1.165, 1.54) is 11.1 Å². The summed E-state index contributed by atoms with van der Waals surface area (Å²) in [6.45, 7) is 4.42. The molecule has 1 N–H and O–H groups in total. The Hall–Kier alpha value is -1.02. The van der Waals surface area contributed by atoms with Gasteiger partial charge in [-0.1, -0.05) is 24.6 Å². The molecule has 1 aromatic rings. The summed E-state index contributed by atoms with van der Waals surface area (Å²) in [5, 5.41) is 9.71. The van der Waals surface area contributed by atoms with E-state index in [2.05, 4.69) is 32.0 Å². The first-order valence-corrected chi connectivity index (χ1v) is 6.98. The highest BCUT2D eigenvalue weighted by Gasteiger charge is 2.38. The number of aliphatic hydroxyl groups excluding tert-OH is 1. The van der Waals surface area contributed by atoms with Gasteiger partial charge in [0.2, 0.25) is 0 Å². The smallest absolute Gasteiger partial charge is 0.123 e. The van der Waals surface area contributed by atoms with Crippen molar-refractivity contribution in [3.63, 3.8) is 0 Å². The lowest BCUT2D eigenvalue weighted by molar-refractivity contribution is 0.123. The zero-order valence-corrected chi connectivity index (χ0v) is 11.3. The Balaban J connectivity index is 1.68. The molecule has 1 aromatic carbocycles. The number of rotatable bonds is 2. The average molecular weight is 246 g/mol. The summed E-state index contributed by atoms with van der Waals surface area (Å²) in [6, 6.07) is 6.44. The van der Waals surface area contributed by atoms with Crippen LogP contribution in [-0.2, 0) is 6.42 Å². The van der Waals surface area contributed by atoms with Crippen LogP contribution in [0.15, 0.2) is 18.2 Å². The van der Waals surface area contributed by atoms with Gasteiger partial charge in [0, 0.05) is 6.42 Å². The van der Waals surface area contributed by atoms with Gasteiger partial charge in [0.1, 0.15) is 11.9 Å². The molecule has 2 heteroatoms. The summed E-state index contributed by atoms with van der Waals surface area (Å²) >= 11 is 0. The van der Waals surface area contributed by atoms with Crippen LogP contribution in [0, 0.1) is 12.3 Å². The van der Waals surface area contributed by atoms with Crippen LogP contribution < -0.4 is 4.74 Å². The molecule has 98 valence electrons. The number of hydrogen-bond donors (Lipinski definition) is 1. The highest BCUT2D eigenvalue weighted by Crippen LogP contribution is 2.44. The molecule has 0 radical (unpaired) electrons. The molecule has 1 heterocycles. The first-order chi connectivity index (χ1) is 8.54. The first-order valence-electron chi connectivity index (χ1n) is 6.98. The largest absolute Gasteiger partial charge is 0.490 e. The first kappa shape index (κ1) is 12.0. The van der Waals surface area contributed by atoms with Gasteiger partial charge >= 0.3 is 0 Å². The fraction of sp³-hybridized carbons (Fsp3) is 0.625. The van der Waals surface area contributed by atoms with Crippen LogP contribution in [0.1, 0.15) is 43.7 Å². The number of fused-ring (bicyclic) bond motifs is 1. The molecular formula is C16H22O2. The molecule has 0 saturated heterocycles. The van der Waals surface area contributed by atoms with Crippen LogP contribution in [0.4, 0.5) is 0 Å². The van der Waals surface area contributed by atoms with Crippen molar-refractivity contribution in [3.8, 4) is 5.75 Å². The zero-order chi connectivity index (χ0) is 12.8. The van der Waals surface area contributed by atoms with Crippen molar-refractivity contribution < 1.29 is 9.84 Å². The lowest BCUT2D eigenvalue weighted by atomic mass is 9.82. The minimum Gasteiger partial charge on any atom is -0.490 e. The number of ether oxygens (including phenoxy) is 1. The van der Waals surface area contributed by atoms with Crippen molar-refractivity contribution in [1.29, 1.82) is 0 Å². The summed E-state index contributed by atoms with van der Waals surface area (Å²) in [6.07, 6.45) is 5.32. The Morgan fingerprint density at radius 1 is 1.44 bits per heavy atom. The second-order valence-electron chi connectivity index (χ2n) is 6.47. The van der Waals surface area contributed by atoms with E-state index in [0.717, 1.165) is 37.9 Å². The second-order valence-corrected chi connectivity index (χ2v) is 6.47. The molecule has 0 amide bonds. The summed E-state index contributed by atoms with van der Waals surface area (Å²) in [5.74, 6) is 1.06. The molecule has 0 aromatic heterocycles. The monoisotopic (exact) mass is 246 g/mol. The molecule has 3 rings (SSSR count). The maximum atomic E-state index is 9.71. The fourth-order valence-electron chi connectivity index (χ4n) is 3.59. The van der Waals surface area contributed by atoms with Gasteiger partial charge in [0.05, 0.1) is 6.10 Å². The third-order valence-electron chi connectivity index (χ3n) is 4.49. The molecule has 1 saturated carbocycles. The maximum Gasteiger partial charge on any atom is 0.123 e. The van der Waals surface area contributed by atoms with Crippen molar-refractivity contribution in [2.24, 2.45) is 5.41 Å². The summed E-state index contributed by atoms with van der Waals surface area (Å²) in [7, 11) is 0. The topological polar surface area (TPSA) is 29.5 Å². The van der Waals surface area contributed by atoms with Gasteiger partial charge < -0.3 is 9.84 Å². The van der Waals surface area contributed by atoms with E-state index in [9.17, 15) is 5.11 Å². The third kappa shape index (κ3) is 2.26. The quantitative estimate of drug-likeness (QED) is 0.868.